The van der Waals surface area contributed by atoms with E-state index in [1.165, 1.54) is 0 Å². The van der Waals surface area contributed by atoms with Crippen LogP contribution < -0.4 is 4.74 Å². The van der Waals surface area contributed by atoms with E-state index in [0.29, 0.717) is 23.7 Å². The number of fused-ring (bicyclic) bond motifs is 1. The Kier molecular flexibility index (Phi) is 5.49. The van der Waals surface area contributed by atoms with E-state index in [1.807, 2.05) is 13.0 Å². The second kappa shape index (κ2) is 7.81. The van der Waals surface area contributed by atoms with Crippen molar-refractivity contribution in [2.45, 2.75) is 33.6 Å². The Balaban J connectivity index is 1.66. The zero-order chi connectivity index (χ0) is 18.7. The van der Waals surface area contributed by atoms with Gasteiger partial charge in [0.05, 0.1) is 6.61 Å². The van der Waals surface area contributed by atoms with Crippen molar-refractivity contribution < 1.29 is 23.5 Å². The van der Waals surface area contributed by atoms with E-state index >= 15 is 0 Å². The smallest absolute Gasteiger partial charge is 0.375 e. The molecule has 2 heterocycles. The quantitative estimate of drug-likeness (QED) is 0.764. The fourth-order valence-electron chi connectivity index (χ4n) is 3.19. The van der Waals surface area contributed by atoms with Crippen LogP contribution in [0.5, 0.6) is 5.75 Å². The number of nitrogens with zero attached hydrogens (tertiary/aromatic N) is 1. The van der Waals surface area contributed by atoms with Gasteiger partial charge in [0.25, 0.3) is 5.91 Å². The maximum atomic E-state index is 12.4. The number of likely N-dealkylation sites (tertiary alicyclic amines) is 1. The highest BCUT2D eigenvalue weighted by molar-refractivity contribution is 5.97. The first-order chi connectivity index (χ1) is 12.5. The molecule has 0 saturated carbocycles. The van der Waals surface area contributed by atoms with Crippen LogP contribution in [0.1, 0.15) is 42.8 Å². The zero-order valence-electron chi connectivity index (χ0n) is 15.5. The number of aryl methyl sites for hydroxylation is 1. The molecule has 1 amide bonds. The summed E-state index contributed by atoms with van der Waals surface area (Å²) < 4.78 is 16.3. The molecule has 2 aromatic rings. The van der Waals surface area contributed by atoms with Crippen LogP contribution in [0.3, 0.4) is 0 Å². The van der Waals surface area contributed by atoms with Crippen molar-refractivity contribution in [1.29, 1.82) is 0 Å². The Hall–Kier alpha value is -2.50. The largest absolute Gasteiger partial charge is 0.494 e. The maximum absolute atomic E-state index is 12.4. The number of benzene rings is 1. The third-order valence-electron chi connectivity index (χ3n) is 4.87. The highest BCUT2D eigenvalue weighted by atomic mass is 16.5. The molecule has 0 spiro atoms. The lowest BCUT2D eigenvalue weighted by Crippen LogP contribution is -2.40. The normalized spacial score (nSPS) is 15.3. The molecule has 0 radical (unpaired) electrons. The van der Waals surface area contributed by atoms with Gasteiger partial charge >= 0.3 is 5.97 Å². The summed E-state index contributed by atoms with van der Waals surface area (Å²) in [5.41, 5.74) is 1.28. The van der Waals surface area contributed by atoms with E-state index in [2.05, 4.69) is 6.92 Å². The van der Waals surface area contributed by atoms with Gasteiger partial charge in [0, 0.05) is 24.0 Å². The van der Waals surface area contributed by atoms with Crippen molar-refractivity contribution in [3.05, 3.63) is 29.5 Å². The first-order valence-electron chi connectivity index (χ1n) is 9.10. The van der Waals surface area contributed by atoms with Crippen LogP contribution in [0.4, 0.5) is 0 Å². The molecule has 0 atom stereocenters. The Morgan fingerprint density at radius 3 is 2.69 bits per heavy atom. The average molecular weight is 359 g/mol. The second-order valence-corrected chi connectivity index (χ2v) is 6.79. The standard InChI is InChI=1S/C20H25NO5/c1-4-24-15-5-6-17-16(11-15)14(3)19(26-17)20(23)25-12-18(22)21-9-7-13(2)8-10-21/h5-6,11,13H,4,7-10,12H2,1-3H3. The third-order valence-corrected chi connectivity index (χ3v) is 4.87. The van der Waals surface area contributed by atoms with Crippen LogP contribution in [0.25, 0.3) is 11.0 Å². The Bertz CT molecular complexity index is 802. The number of furan rings is 1. The molecule has 0 bridgehead atoms. The van der Waals surface area contributed by atoms with Crippen LogP contribution in [0.2, 0.25) is 0 Å². The fraction of sp³-hybridized carbons (Fsp3) is 0.500. The molecule has 6 heteroatoms. The van der Waals surface area contributed by atoms with Crippen molar-refractivity contribution in [1.82, 2.24) is 4.90 Å². The minimum atomic E-state index is -0.615. The number of esters is 1. The first-order valence-corrected chi connectivity index (χ1v) is 9.10. The van der Waals surface area contributed by atoms with Gasteiger partial charge in [-0.2, -0.15) is 0 Å². The maximum Gasteiger partial charge on any atom is 0.375 e. The zero-order valence-corrected chi connectivity index (χ0v) is 15.5. The molecule has 3 rings (SSSR count). The minimum Gasteiger partial charge on any atom is -0.494 e. The highest BCUT2D eigenvalue weighted by Gasteiger charge is 2.24. The SMILES string of the molecule is CCOc1ccc2oc(C(=O)OCC(=O)N3CCC(C)CC3)c(C)c2c1. The van der Waals surface area contributed by atoms with Crippen LogP contribution in [-0.4, -0.2) is 43.1 Å². The molecule has 1 aliphatic heterocycles. The molecule has 6 nitrogen and oxygen atoms in total. The molecule has 1 saturated heterocycles. The van der Waals surface area contributed by atoms with Gasteiger partial charge in [-0.3, -0.25) is 4.79 Å². The van der Waals surface area contributed by atoms with Crippen LogP contribution >= 0.6 is 0 Å². The molecule has 1 aromatic carbocycles. The predicted octanol–water partition coefficient (Wildman–Crippen LogP) is 3.56. The number of carbonyl (C=O) groups excluding carboxylic acids is 2. The van der Waals surface area contributed by atoms with Crippen molar-refractivity contribution in [3.63, 3.8) is 0 Å². The molecule has 1 fully saturated rings. The van der Waals surface area contributed by atoms with Crippen molar-refractivity contribution in [2.75, 3.05) is 26.3 Å². The molecule has 140 valence electrons. The average Bonchev–Trinajstić information content (AvgIpc) is 2.97. The van der Waals surface area contributed by atoms with Crippen molar-refractivity contribution >= 4 is 22.8 Å². The van der Waals surface area contributed by atoms with Gasteiger partial charge in [-0.05, 0) is 50.8 Å². The molecule has 1 aromatic heterocycles. The number of amides is 1. The van der Waals surface area contributed by atoms with E-state index in [4.69, 9.17) is 13.9 Å². The number of piperidine rings is 1. The summed E-state index contributed by atoms with van der Waals surface area (Å²) in [4.78, 5) is 26.3. The van der Waals surface area contributed by atoms with E-state index in [9.17, 15) is 9.59 Å². The Morgan fingerprint density at radius 2 is 2.00 bits per heavy atom. The molecule has 0 unspecified atom stereocenters. The number of ether oxygens (including phenoxy) is 2. The Labute approximate surface area is 153 Å². The van der Waals surface area contributed by atoms with Gasteiger partial charge in [-0.15, -0.1) is 0 Å². The van der Waals surface area contributed by atoms with Gasteiger partial charge in [0.15, 0.2) is 6.61 Å². The summed E-state index contributed by atoms with van der Waals surface area (Å²) in [5, 5.41) is 0.805. The Morgan fingerprint density at radius 1 is 1.27 bits per heavy atom. The van der Waals surface area contributed by atoms with Gasteiger partial charge in [-0.1, -0.05) is 6.92 Å². The van der Waals surface area contributed by atoms with Gasteiger partial charge in [-0.25, -0.2) is 4.79 Å². The van der Waals surface area contributed by atoms with Gasteiger partial charge in [0.1, 0.15) is 11.3 Å². The lowest BCUT2D eigenvalue weighted by atomic mass is 9.99. The first kappa shape index (κ1) is 18.3. The molecule has 26 heavy (non-hydrogen) atoms. The summed E-state index contributed by atoms with van der Waals surface area (Å²) in [6.07, 6.45) is 1.98. The van der Waals surface area contributed by atoms with Gasteiger partial charge in [0.2, 0.25) is 5.76 Å². The van der Waals surface area contributed by atoms with E-state index in [1.54, 1.807) is 24.0 Å². The lowest BCUT2D eigenvalue weighted by Gasteiger charge is -2.30. The number of hydrogen-bond donors (Lipinski definition) is 0. The van der Waals surface area contributed by atoms with Crippen LogP contribution in [-0.2, 0) is 9.53 Å². The molecule has 0 aliphatic carbocycles. The third kappa shape index (κ3) is 3.84. The molecule has 0 N–H and O–H groups in total. The fourth-order valence-corrected chi connectivity index (χ4v) is 3.19. The highest BCUT2D eigenvalue weighted by Crippen LogP contribution is 2.29. The summed E-state index contributed by atoms with van der Waals surface area (Å²) in [7, 11) is 0. The molecular weight excluding hydrogens is 334 g/mol. The summed E-state index contributed by atoms with van der Waals surface area (Å²) >= 11 is 0. The predicted molar refractivity (Wildman–Crippen MR) is 97.4 cm³/mol. The summed E-state index contributed by atoms with van der Waals surface area (Å²) in [6.45, 7) is 7.65. The number of carbonyl (C=O) groups is 2. The number of rotatable bonds is 5. The monoisotopic (exact) mass is 359 g/mol. The van der Waals surface area contributed by atoms with E-state index in [-0.39, 0.29) is 18.3 Å². The van der Waals surface area contributed by atoms with Gasteiger partial charge < -0.3 is 18.8 Å². The van der Waals surface area contributed by atoms with Crippen molar-refractivity contribution in [3.8, 4) is 5.75 Å². The lowest BCUT2D eigenvalue weighted by molar-refractivity contribution is -0.135. The number of hydrogen-bond acceptors (Lipinski definition) is 5. The molecular formula is C20H25NO5. The second-order valence-electron chi connectivity index (χ2n) is 6.79. The van der Waals surface area contributed by atoms with Crippen LogP contribution in [0.15, 0.2) is 22.6 Å². The minimum absolute atomic E-state index is 0.133. The summed E-state index contributed by atoms with van der Waals surface area (Å²) in [5.74, 6) is 0.724. The molecule has 1 aliphatic rings. The van der Waals surface area contributed by atoms with Crippen molar-refractivity contribution in [2.24, 2.45) is 5.92 Å². The van der Waals surface area contributed by atoms with E-state index in [0.717, 1.165) is 37.1 Å². The van der Waals surface area contributed by atoms with E-state index < -0.39 is 5.97 Å². The topological polar surface area (TPSA) is 69.0 Å². The van der Waals surface area contributed by atoms with Crippen LogP contribution in [0, 0.1) is 12.8 Å². The summed E-state index contributed by atoms with van der Waals surface area (Å²) in [6, 6.07) is 5.41.